The van der Waals surface area contributed by atoms with Gasteiger partial charge < -0.3 is 10.2 Å². The highest BCUT2D eigenvalue weighted by molar-refractivity contribution is 4.72. The lowest BCUT2D eigenvalue weighted by Gasteiger charge is -2.21. The van der Waals surface area contributed by atoms with Gasteiger partial charge in [-0.05, 0) is 39.4 Å². The zero-order valence-electron chi connectivity index (χ0n) is 7.77. The Morgan fingerprint density at radius 3 is 3.09 bits per heavy atom. The highest BCUT2D eigenvalue weighted by Crippen LogP contribution is 2.00. The first-order valence-corrected chi connectivity index (χ1v) is 4.78. The van der Waals surface area contributed by atoms with Gasteiger partial charge in [-0.2, -0.15) is 0 Å². The summed E-state index contributed by atoms with van der Waals surface area (Å²) in [6, 6.07) is 0.684. The summed E-state index contributed by atoms with van der Waals surface area (Å²) in [5.41, 5.74) is 0. The third kappa shape index (κ3) is 3.21. The van der Waals surface area contributed by atoms with Crippen LogP contribution in [-0.2, 0) is 0 Å². The number of nitrogens with zero attached hydrogens (tertiary/aromatic N) is 1. The topological polar surface area (TPSA) is 15.3 Å². The van der Waals surface area contributed by atoms with Crippen molar-refractivity contribution < 1.29 is 0 Å². The molecule has 1 aliphatic rings. The van der Waals surface area contributed by atoms with Gasteiger partial charge in [-0.3, -0.25) is 0 Å². The van der Waals surface area contributed by atoms with E-state index >= 15 is 0 Å². The maximum Gasteiger partial charge on any atom is 0.0166 e. The van der Waals surface area contributed by atoms with Gasteiger partial charge in [-0.15, -0.1) is 0 Å². The first kappa shape index (κ1) is 9.01. The van der Waals surface area contributed by atoms with E-state index in [0.29, 0.717) is 6.04 Å². The van der Waals surface area contributed by atoms with Crippen LogP contribution < -0.4 is 5.32 Å². The van der Waals surface area contributed by atoms with Crippen LogP contribution >= 0.6 is 0 Å². The Bertz CT molecular complexity index is 104. The summed E-state index contributed by atoms with van der Waals surface area (Å²) >= 11 is 0. The lowest BCUT2D eigenvalue weighted by Crippen LogP contribution is -2.35. The van der Waals surface area contributed by atoms with E-state index in [1.165, 1.54) is 39.0 Å². The van der Waals surface area contributed by atoms with Crippen molar-refractivity contribution in [2.24, 2.45) is 0 Å². The van der Waals surface area contributed by atoms with Crippen molar-refractivity contribution in [3.05, 3.63) is 0 Å². The Labute approximate surface area is 70.0 Å². The molecule has 2 heteroatoms. The average Bonchev–Trinajstić information content (AvgIpc) is 2.15. The van der Waals surface area contributed by atoms with Gasteiger partial charge in [0.15, 0.2) is 0 Å². The van der Waals surface area contributed by atoms with E-state index in [1.807, 2.05) is 0 Å². The van der Waals surface area contributed by atoms with E-state index in [9.17, 15) is 0 Å². The van der Waals surface area contributed by atoms with Gasteiger partial charge in [0.1, 0.15) is 0 Å². The SMILES string of the molecule is CCCN1CCCNC(C)C1. The van der Waals surface area contributed by atoms with Crippen LogP contribution in [-0.4, -0.2) is 37.1 Å². The standard InChI is InChI=1S/C9H20N2/c1-3-6-11-7-4-5-10-9(2)8-11/h9-10H,3-8H2,1-2H3. The lowest BCUT2D eigenvalue weighted by molar-refractivity contribution is 0.273. The fourth-order valence-corrected chi connectivity index (χ4v) is 1.71. The number of hydrogen-bond acceptors (Lipinski definition) is 2. The molecule has 2 nitrogen and oxygen atoms in total. The minimum Gasteiger partial charge on any atom is -0.313 e. The maximum atomic E-state index is 3.49. The van der Waals surface area contributed by atoms with Crippen molar-refractivity contribution in [3.63, 3.8) is 0 Å². The van der Waals surface area contributed by atoms with Crippen molar-refractivity contribution in [1.82, 2.24) is 10.2 Å². The van der Waals surface area contributed by atoms with Crippen LogP contribution in [0.5, 0.6) is 0 Å². The van der Waals surface area contributed by atoms with E-state index in [2.05, 4.69) is 24.1 Å². The summed E-state index contributed by atoms with van der Waals surface area (Å²) in [7, 11) is 0. The fourth-order valence-electron chi connectivity index (χ4n) is 1.71. The molecule has 1 unspecified atom stereocenters. The molecule has 0 saturated carbocycles. The molecule has 0 aromatic rings. The van der Waals surface area contributed by atoms with Crippen molar-refractivity contribution in [2.45, 2.75) is 32.7 Å². The van der Waals surface area contributed by atoms with Crippen LogP contribution in [0.3, 0.4) is 0 Å². The predicted molar refractivity (Wildman–Crippen MR) is 48.8 cm³/mol. The van der Waals surface area contributed by atoms with E-state index in [0.717, 1.165) is 0 Å². The quantitative estimate of drug-likeness (QED) is 0.643. The van der Waals surface area contributed by atoms with Crippen molar-refractivity contribution in [3.8, 4) is 0 Å². The summed E-state index contributed by atoms with van der Waals surface area (Å²) in [5, 5.41) is 3.49. The van der Waals surface area contributed by atoms with E-state index in [-0.39, 0.29) is 0 Å². The second-order valence-corrected chi connectivity index (χ2v) is 3.51. The van der Waals surface area contributed by atoms with Gasteiger partial charge in [0.2, 0.25) is 0 Å². The molecule has 0 aromatic carbocycles. The smallest absolute Gasteiger partial charge is 0.0166 e. The molecule has 1 N–H and O–H groups in total. The Morgan fingerprint density at radius 2 is 2.36 bits per heavy atom. The average molecular weight is 156 g/mol. The minimum atomic E-state index is 0.684. The van der Waals surface area contributed by atoms with E-state index in [1.54, 1.807) is 0 Å². The van der Waals surface area contributed by atoms with Gasteiger partial charge in [0.05, 0.1) is 0 Å². The third-order valence-electron chi connectivity index (χ3n) is 2.22. The van der Waals surface area contributed by atoms with Gasteiger partial charge in [0.25, 0.3) is 0 Å². The van der Waals surface area contributed by atoms with Gasteiger partial charge in [-0.25, -0.2) is 0 Å². The molecule has 0 aliphatic carbocycles. The molecular weight excluding hydrogens is 136 g/mol. The fraction of sp³-hybridized carbons (Fsp3) is 1.00. The minimum absolute atomic E-state index is 0.684. The molecule has 0 spiro atoms. The van der Waals surface area contributed by atoms with Gasteiger partial charge in [0, 0.05) is 12.6 Å². The van der Waals surface area contributed by atoms with Crippen LogP contribution in [0.1, 0.15) is 26.7 Å². The van der Waals surface area contributed by atoms with E-state index < -0.39 is 0 Å². The second kappa shape index (κ2) is 4.73. The lowest BCUT2D eigenvalue weighted by atomic mass is 10.3. The van der Waals surface area contributed by atoms with Gasteiger partial charge >= 0.3 is 0 Å². The molecule has 1 heterocycles. The highest BCUT2D eigenvalue weighted by Gasteiger charge is 2.11. The van der Waals surface area contributed by atoms with Crippen molar-refractivity contribution >= 4 is 0 Å². The van der Waals surface area contributed by atoms with Crippen LogP contribution in [0, 0.1) is 0 Å². The highest BCUT2D eigenvalue weighted by atomic mass is 15.2. The van der Waals surface area contributed by atoms with E-state index in [4.69, 9.17) is 0 Å². The first-order valence-electron chi connectivity index (χ1n) is 4.78. The van der Waals surface area contributed by atoms with Crippen LogP contribution in [0.15, 0.2) is 0 Å². The Balaban J connectivity index is 2.27. The second-order valence-electron chi connectivity index (χ2n) is 3.51. The summed E-state index contributed by atoms with van der Waals surface area (Å²) in [4.78, 5) is 2.56. The molecular formula is C9H20N2. The Morgan fingerprint density at radius 1 is 1.55 bits per heavy atom. The predicted octanol–water partition coefficient (Wildman–Crippen LogP) is 1.08. The zero-order chi connectivity index (χ0) is 8.10. The molecule has 0 radical (unpaired) electrons. The third-order valence-corrected chi connectivity index (χ3v) is 2.22. The van der Waals surface area contributed by atoms with Crippen LogP contribution in [0.2, 0.25) is 0 Å². The normalized spacial score (nSPS) is 28.4. The number of nitrogens with one attached hydrogen (secondary N) is 1. The van der Waals surface area contributed by atoms with Crippen molar-refractivity contribution in [2.75, 3.05) is 26.2 Å². The number of rotatable bonds is 2. The molecule has 1 saturated heterocycles. The Hall–Kier alpha value is -0.0800. The monoisotopic (exact) mass is 156 g/mol. The summed E-state index contributed by atoms with van der Waals surface area (Å²) < 4.78 is 0. The largest absolute Gasteiger partial charge is 0.313 e. The van der Waals surface area contributed by atoms with Crippen LogP contribution in [0.4, 0.5) is 0 Å². The van der Waals surface area contributed by atoms with Crippen molar-refractivity contribution in [1.29, 1.82) is 0 Å². The zero-order valence-corrected chi connectivity index (χ0v) is 7.77. The van der Waals surface area contributed by atoms with Gasteiger partial charge in [-0.1, -0.05) is 6.92 Å². The molecule has 0 amide bonds. The molecule has 1 fully saturated rings. The Kier molecular flexibility index (Phi) is 3.87. The van der Waals surface area contributed by atoms with Crippen LogP contribution in [0.25, 0.3) is 0 Å². The number of hydrogen-bond donors (Lipinski definition) is 1. The first-order chi connectivity index (χ1) is 5.33. The maximum absolute atomic E-state index is 3.49. The summed E-state index contributed by atoms with van der Waals surface area (Å²) in [6.45, 7) is 9.50. The molecule has 66 valence electrons. The molecule has 1 aliphatic heterocycles. The molecule has 1 rings (SSSR count). The molecule has 0 aromatic heterocycles. The molecule has 1 atom stereocenters. The molecule has 0 bridgehead atoms. The summed E-state index contributed by atoms with van der Waals surface area (Å²) in [6.07, 6.45) is 2.59. The molecule has 11 heavy (non-hydrogen) atoms. The summed E-state index contributed by atoms with van der Waals surface area (Å²) in [5.74, 6) is 0.